The molecule has 2 aliphatic heterocycles. The lowest BCUT2D eigenvalue weighted by Gasteiger charge is -2.35. The fourth-order valence-corrected chi connectivity index (χ4v) is 4.96. The van der Waals surface area contributed by atoms with E-state index in [4.69, 9.17) is 14.0 Å². The second-order valence-electron chi connectivity index (χ2n) is 10.7. The second-order valence-corrected chi connectivity index (χ2v) is 10.7. The summed E-state index contributed by atoms with van der Waals surface area (Å²) in [6.45, 7) is 6.89. The number of benzene rings is 1. The van der Waals surface area contributed by atoms with Crippen LogP contribution in [0.3, 0.4) is 0 Å². The normalized spacial score (nSPS) is 22.5. The molecule has 2 aromatic rings. The predicted molar refractivity (Wildman–Crippen MR) is 125 cm³/mol. The van der Waals surface area contributed by atoms with Gasteiger partial charge in [-0.25, -0.2) is 9.59 Å². The van der Waals surface area contributed by atoms with Crippen LogP contribution in [-0.4, -0.2) is 57.0 Å². The number of hydrogen-bond donors (Lipinski definition) is 1. The number of nitrogens with zero attached hydrogens (tertiary/aromatic N) is 4. The van der Waals surface area contributed by atoms with E-state index in [1.807, 2.05) is 51.1 Å². The molecule has 3 aliphatic rings. The number of rotatable bonds is 8. The highest BCUT2D eigenvalue weighted by Gasteiger charge is 2.64. The minimum Gasteiger partial charge on any atom is -0.444 e. The second kappa shape index (κ2) is 9.14. The van der Waals surface area contributed by atoms with Crippen LogP contribution in [0.15, 0.2) is 34.7 Å². The van der Waals surface area contributed by atoms with Crippen molar-refractivity contribution in [2.24, 2.45) is 5.41 Å². The van der Waals surface area contributed by atoms with Gasteiger partial charge in [0.1, 0.15) is 18.2 Å². The van der Waals surface area contributed by atoms with Gasteiger partial charge in [-0.3, -0.25) is 4.84 Å². The number of amides is 3. The van der Waals surface area contributed by atoms with Crippen LogP contribution >= 0.6 is 0 Å². The zero-order valence-electron chi connectivity index (χ0n) is 20.5. The quantitative estimate of drug-likeness (QED) is 0.565. The van der Waals surface area contributed by atoms with Crippen molar-refractivity contribution in [1.29, 1.82) is 0 Å². The standard InChI is InChI=1S/C25H33N5O5/c1-24(2,3)35-22(31)26-13-7-10-20-27-28-21(34-20)18-14-25(11-12-25)19-15-29(18)23(32)30(19)33-16-17-8-5-4-6-9-17/h4-6,8-9,18-19H,7,10-16H2,1-3H3,(H,26,31)/t18-,19+/m0/s1. The summed E-state index contributed by atoms with van der Waals surface area (Å²) in [6, 6.07) is 9.54. The highest BCUT2D eigenvalue weighted by atomic mass is 16.7. The molecule has 1 spiro atoms. The number of aromatic nitrogens is 2. The Bertz CT molecular complexity index is 1060. The van der Waals surface area contributed by atoms with Gasteiger partial charge in [0.05, 0.1) is 6.04 Å². The molecule has 5 rings (SSSR count). The number of aryl methyl sites for hydroxylation is 1. The lowest BCUT2D eigenvalue weighted by Crippen LogP contribution is -2.42. The van der Waals surface area contributed by atoms with Crippen molar-refractivity contribution in [2.45, 2.75) is 77.2 Å². The van der Waals surface area contributed by atoms with Crippen molar-refractivity contribution < 1.29 is 23.6 Å². The van der Waals surface area contributed by atoms with Gasteiger partial charge in [0.25, 0.3) is 0 Å². The minimum absolute atomic E-state index is 0.0516. The van der Waals surface area contributed by atoms with Crippen molar-refractivity contribution in [1.82, 2.24) is 25.5 Å². The van der Waals surface area contributed by atoms with Crippen LogP contribution in [0.25, 0.3) is 0 Å². The van der Waals surface area contributed by atoms with Crippen LogP contribution in [0.4, 0.5) is 9.59 Å². The fraction of sp³-hybridized carbons (Fsp3) is 0.600. The molecule has 3 heterocycles. The molecule has 10 heteroatoms. The molecule has 1 aliphatic carbocycles. The molecule has 10 nitrogen and oxygen atoms in total. The number of ether oxygens (including phenoxy) is 1. The van der Waals surface area contributed by atoms with Crippen LogP contribution in [0.2, 0.25) is 0 Å². The van der Waals surface area contributed by atoms with E-state index >= 15 is 0 Å². The van der Waals surface area contributed by atoms with E-state index in [-0.39, 0.29) is 23.5 Å². The largest absolute Gasteiger partial charge is 0.444 e. The van der Waals surface area contributed by atoms with Crippen LogP contribution in [0, 0.1) is 5.41 Å². The molecular formula is C25H33N5O5. The summed E-state index contributed by atoms with van der Waals surface area (Å²) >= 11 is 0. The van der Waals surface area contributed by atoms with Crippen molar-refractivity contribution in [2.75, 3.05) is 13.1 Å². The highest BCUT2D eigenvalue weighted by molar-refractivity contribution is 5.77. The predicted octanol–water partition coefficient (Wildman–Crippen LogP) is 3.99. The molecule has 2 atom stereocenters. The Labute approximate surface area is 204 Å². The lowest BCUT2D eigenvalue weighted by atomic mass is 9.85. The summed E-state index contributed by atoms with van der Waals surface area (Å²) in [6.07, 6.45) is 3.67. The number of alkyl carbamates (subject to hydrolysis) is 1. The molecule has 2 bridgehead atoms. The van der Waals surface area contributed by atoms with Gasteiger partial charge in [-0.15, -0.1) is 10.2 Å². The molecular weight excluding hydrogens is 450 g/mol. The van der Waals surface area contributed by atoms with Crippen molar-refractivity contribution in [3.63, 3.8) is 0 Å². The number of nitrogens with one attached hydrogen (secondary N) is 1. The summed E-state index contributed by atoms with van der Waals surface area (Å²) in [5.41, 5.74) is 0.551. The maximum absolute atomic E-state index is 13.3. The topological polar surface area (TPSA) is 110 Å². The van der Waals surface area contributed by atoms with E-state index in [0.29, 0.717) is 44.3 Å². The van der Waals surface area contributed by atoms with Crippen LogP contribution in [-0.2, 0) is 22.6 Å². The van der Waals surface area contributed by atoms with E-state index in [1.165, 1.54) is 0 Å². The van der Waals surface area contributed by atoms with E-state index in [2.05, 4.69) is 15.5 Å². The Morgan fingerprint density at radius 1 is 1.23 bits per heavy atom. The Morgan fingerprint density at radius 2 is 2.00 bits per heavy atom. The van der Waals surface area contributed by atoms with Gasteiger partial charge >= 0.3 is 12.1 Å². The van der Waals surface area contributed by atoms with Crippen molar-refractivity contribution in [3.05, 3.63) is 47.7 Å². The van der Waals surface area contributed by atoms with E-state index < -0.39 is 11.7 Å². The molecule has 3 fully saturated rings. The van der Waals surface area contributed by atoms with Crippen LogP contribution < -0.4 is 5.32 Å². The SMILES string of the molecule is CC(C)(C)OC(=O)NCCCc1nnc([C@@H]2CC3(CC3)[C@H]3CN2C(=O)N3OCc2ccccc2)o1. The van der Waals surface area contributed by atoms with E-state index in [1.54, 1.807) is 9.96 Å². The number of fused-ring (bicyclic) bond motifs is 3. The number of hydroxylamine groups is 2. The summed E-state index contributed by atoms with van der Waals surface area (Å²) in [5.74, 6) is 0.977. The molecule has 2 saturated heterocycles. The maximum atomic E-state index is 13.3. The van der Waals surface area contributed by atoms with E-state index in [0.717, 1.165) is 24.8 Å². The number of carbonyl (C=O) groups excluding carboxylic acids is 2. The third kappa shape index (κ3) is 5.12. The lowest BCUT2D eigenvalue weighted by molar-refractivity contribution is -0.153. The Kier molecular flexibility index (Phi) is 6.16. The number of urea groups is 1. The summed E-state index contributed by atoms with van der Waals surface area (Å²) in [4.78, 5) is 32.9. The van der Waals surface area contributed by atoms with Crippen LogP contribution in [0.5, 0.6) is 0 Å². The van der Waals surface area contributed by atoms with Crippen LogP contribution in [0.1, 0.15) is 69.8 Å². The van der Waals surface area contributed by atoms with Crippen molar-refractivity contribution in [3.8, 4) is 0 Å². The molecule has 1 saturated carbocycles. The third-order valence-corrected chi connectivity index (χ3v) is 6.88. The molecule has 35 heavy (non-hydrogen) atoms. The smallest absolute Gasteiger partial charge is 0.407 e. The first-order valence-corrected chi connectivity index (χ1v) is 12.3. The molecule has 1 aromatic heterocycles. The Morgan fingerprint density at radius 3 is 2.71 bits per heavy atom. The summed E-state index contributed by atoms with van der Waals surface area (Å²) in [7, 11) is 0. The molecule has 3 amide bonds. The van der Waals surface area contributed by atoms with Gasteiger partial charge in [0, 0.05) is 19.5 Å². The first kappa shape index (κ1) is 23.6. The molecule has 1 N–H and O–H groups in total. The van der Waals surface area contributed by atoms with Gasteiger partial charge in [-0.1, -0.05) is 30.3 Å². The number of piperidine rings is 1. The highest BCUT2D eigenvalue weighted by Crippen LogP contribution is 2.61. The zero-order valence-corrected chi connectivity index (χ0v) is 20.5. The van der Waals surface area contributed by atoms with Gasteiger partial charge in [-0.2, -0.15) is 5.06 Å². The van der Waals surface area contributed by atoms with Gasteiger partial charge < -0.3 is 19.4 Å². The maximum Gasteiger partial charge on any atom is 0.407 e. The minimum atomic E-state index is -0.529. The van der Waals surface area contributed by atoms with Gasteiger partial charge in [-0.05, 0) is 57.4 Å². The third-order valence-electron chi connectivity index (χ3n) is 6.88. The number of hydrogen-bond acceptors (Lipinski definition) is 7. The Balaban J connectivity index is 1.18. The fourth-order valence-electron chi connectivity index (χ4n) is 4.96. The Hall–Kier alpha value is -3.14. The van der Waals surface area contributed by atoms with Crippen molar-refractivity contribution >= 4 is 12.1 Å². The first-order valence-electron chi connectivity index (χ1n) is 12.3. The number of carbonyl (C=O) groups is 2. The molecule has 1 aromatic carbocycles. The molecule has 0 unspecified atom stereocenters. The molecule has 188 valence electrons. The average Bonchev–Trinajstić information content (AvgIpc) is 3.30. The molecule has 0 radical (unpaired) electrons. The van der Waals surface area contributed by atoms with Gasteiger partial charge in [0.2, 0.25) is 11.8 Å². The first-order chi connectivity index (χ1) is 16.7. The monoisotopic (exact) mass is 483 g/mol. The zero-order chi connectivity index (χ0) is 24.6. The summed E-state index contributed by atoms with van der Waals surface area (Å²) < 4.78 is 11.2. The van der Waals surface area contributed by atoms with E-state index in [9.17, 15) is 9.59 Å². The average molecular weight is 484 g/mol. The summed E-state index contributed by atoms with van der Waals surface area (Å²) in [5, 5.41) is 12.8. The van der Waals surface area contributed by atoms with Gasteiger partial charge in [0.15, 0.2) is 0 Å².